The van der Waals surface area contributed by atoms with E-state index in [2.05, 4.69) is 4.90 Å². The predicted molar refractivity (Wildman–Crippen MR) is 83.4 cm³/mol. The smallest absolute Gasteiger partial charge is 0.162 e. The van der Waals surface area contributed by atoms with Gasteiger partial charge in [0.2, 0.25) is 0 Å². The van der Waals surface area contributed by atoms with Crippen LogP contribution >= 0.6 is 11.6 Å². The van der Waals surface area contributed by atoms with E-state index in [0.29, 0.717) is 35.5 Å². The minimum Gasteiger partial charge on any atom is -0.486 e. The molecule has 0 bridgehead atoms. The molecule has 0 amide bonds. The van der Waals surface area contributed by atoms with E-state index in [1.54, 1.807) is 0 Å². The Hall–Kier alpha value is -0.980. The Kier molecular flexibility index (Phi) is 3.51. The lowest BCUT2D eigenvalue weighted by Gasteiger charge is -2.22. The first-order chi connectivity index (χ1) is 10.5. The number of halogens is 1. The zero-order valence-electron chi connectivity index (χ0n) is 12.1. The standard InChI is InChI=1S/C15H18ClNO4S/c16-13-4-15-14(20-1-2-21-15)3-10(13)5-17-6-11-8-22(18,19)9-12(11)7-17/h3-4,11-12H,1-2,5-9H2/t11-,12+. The largest absolute Gasteiger partial charge is 0.486 e. The van der Waals surface area contributed by atoms with Gasteiger partial charge in [-0.15, -0.1) is 0 Å². The number of nitrogens with zero attached hydrogens (tertiary/aromatic N) is 1. The number of likely N-dealkylation sites (tertiary alicyclic amines) is 1. The molecule has 120 valence electrons. The predicted octanol–water partition coefficient (Wildman–Crippen LogP) is 1.59. The quantitative estimate of drug-likeness (QED) is 0.816. The maximum atomic E-state index is 11.7. The molecule has 3 heterocycles. The third kappa shape index (κ3) is 2.68. The van der Waals surface area contributed by atoms with E-state index in [-0.39, 0.29) is 11.8 Å². The van der Waals surface area contributed by atoms with E-state index in [1.165, 1.54) is 0 Å². The van der Waals surface area contributed by atoms with Crippen molar-refractivity contribution in [3.63, 3.8) is 0 Å². The van der Waals surface area contributed by atoms with Gasteiger partial charge >= 0.3 is 0 Å². The Labute approximate surface area is 135 Å². The zero-order chi connectivity index (χ0) is 15.3. The van der Waals surface area contributed by atoms with E-state index < -0.39 is 9.84 Å². The Balaban J connectivity index is 1.49. The summed E-state index contributed by atoms with van der Waals surface area (Å²) in [7, 11) is -2.81. The van der Waals surface area contributed by atoms with E-state index >= 15 is 0 Å². The summed E-state index contributed by atoms with van der Waals surface area (Å²) in [5.74, 6) is 2.67. The van der Waals surface area contributed by atoms with Crippen molar-refractivity contribution in [1.82, 2.24) is 4.90 Å². The molecule has 3 aliphatic rings. The zero-order valence-corrected chi connectivity index (χ0v) is 13.7. The van der Waals surface area contributed by atoms with Crippen LogP contribution in [0.1, 0.15) is 5.56 Å². The van der Waals surface area contributed by atoms with Crippen molar-refractivity contribution in [2.45, 2.75) is 6.54 Å². The maximum absolute atomic E-state index is 11.7. The fourth-order valence-electron chi connectivity index (χ4n) is 3.73. The first-order valence-electron chi connectivity index (χ1n) is 7.51. The summed E-state index contributed by atoms with van der Waals surface area (Å²) in [6.07, 6.45) is 0. The van der Waals surface area contributed by atoms with Crippen LogP contribution in [0, 0.1) is 11.8 Å². The molecular formula is C15H18ClNO4S. The van der Waals surface area contributed by atoms with Gasteiger partial charge in [-0.1, -0.05) is 11.6 Å². The summed E-state index contributed by atoms with van der Waals surface area (Å²) in [5, 5.41) is 0.675. The molecule has 0 radical (unpaired) electrons. The van der Waals surface area contributed by atoms with Gasteiger partial charge in [-0.3, -0.25) is 4.90 Å². The highest BCUT2D eigenvalue weighted by Gasteiger charge is 2.43. The summed E-state index contributed by atoms with van der Waals surface area (Å²) < 4.78 is 34.4. The second kappa shape index (κ2) is 5.28. The molecule has 1 aromatic carbocycles. The molecule has 0 unspecified atom stereocenters. The van der Waals surface area contributed by atoms with Crippen LogP contribution in [0.15, 0.2) is 12.1 Å². The summed E-state index contributed by atoms with van der Waals surface area (Å²) in [6.45, 7) is 3.48. The molecule has 0 aromatic heterocycles. The summed E-state index contributed by atoms with van der Waals surface area (Å²) in [5.41, 5.74) is 1.01. The molecule has 7 heteroatoms. The summed E-state index contributed by atoms with van der Waals surface area (Å²) in [6, 6.07) is 3.76. The van der Waals surface area contributed by atoms with Gasteiger partial charge in [0.05, 0.1) is 11.5 Å². The SMILES string of the molecule is O=S1(=O)C[C@H]2CN(Cc3cc4c(cc3Cl)OCCO4)C[C@H]2C1. The highest BCUT2D eigenvalue weighted by molar-refractivity contribution is 7.91. The van der Waals surface area contributed by atoms with Crippen LogP contribution in [-0.4, -0.2) is 51.1 Å². The monoisotopic (exact) mass is 343 g/mol. The van der Waals surface area contributed by atoms with Crippen molar-refractivity contribution < 1.29 is 17.9 Å². The molecule has 2 saturated heterocycles. The van der Waals surface area contributed by atoms with Crippen molar-refractivity contribution >= 4 is 21.4 Å². The lowest BCUT2D eigenvalue weighted by Crippen LogP contribution is -2.24. The Morgan fingerprint density at radius 1 is 1.09 bits per heavy atom. The summed E-state index contributed by atoms with van der Waals surface area (Å²) >= 11 is 6.35. The average Bonchev–Trinajstić information content (AvgIpc) is 2.92. The van der Waals surface area contributed by atoms with Crippen LogP contribution in [0.25, 0.3) is 0 Å². The first-order valence-corrected chi connectivity index (χ1v) is 9.71. The molecular weight excluding hydrogens is 326 g/mol. The molecule has 5 nitrogen and oxygen atoms in total. The minimum atomic E-state index is -2.81. The van der Waals surface area contributed by atoms with Crippen molar-refractivity contribution in [3.8, 4) is 11.5 Å². The topological polar surface area (TPSA) is 55.8 Å². The van der Waals surface area contributed by atoms with Gasteiger partial charge in [-0.25, -0.2) is 8.42 Å². The van der Waals surface area contributed by atoms with Gasteiger partial charge in [-0.2, -0.15) is 0 Å². The number of sulfone groups is 1. The van der Waals surface area contributed by atoms with Gasteiger partial charge in [0, 0.05) is 30.7 Å². The highest BCUT2D eigenvalue weighted by Crippen LogP contribution is 2.38. The van der Waals surface area contributed by atoms with Crippen molar-refractivity contribution in [2.75, 3.05) is 37.8 Å². The van der Waals surface area contributed by atoms with Gasteiger partial charge in [-0.05, 0) is 23.5 Å². The number of ether oxygens (including phenoxy) is 2. The summed E-state index contributed by atoms with van der Waals surface area (Å²) in [4.78, 5) is 2.29. The van der Waals surface area contributed by atoms with Crippen LogP contribution in [0.2, 0.25) is 5.02 Å². The van der Waals surface area contributed by atoms with Crippen molar-refractivity contribution in [3.05, 3.63) is 22.7 Å². The van der Waals surface area contributed by atoms with Crippen molar-refractivity contribution in [1.29, 1.82) is 0 Å². The second-order valence-corrected chi connectivity index (χ2v) is 8.94. The van der Waals surface area contributed by atoms with Crippen LogP contribution in [0.3, 0.4) is 0 Å². The van der Waals surface area contributed by atoms with Gasteiger partial charge in [0.1, 0.15) is 13.2 Å². The molecule has 0 saturated carbocycles. The lowest BCUT2D eigenvalue weighted by molar-refractivity contribution is 0.171. The van der Waals surface area contributed by atoms with Gasteiger partial charge < -0.3 is 9.47 Å². The van der Waals surface area contributed by atoms with E-state index in [0.717, 1.165) is 30.9 Å². The molecule has 0 N–H and O–H groups in total. The Morgan fingerprint density at radius 3 is 2.32 bits per heavy atom. The molecule has 1 aromatic rings. The van der Waals surface area contributed by atoms with E-state index in [1.807, 2.05) is 12.1 Å². The lowest BCUT2D eigenvalue weighted by atomic mass is 10.0. The number of fused-ring (bicyclic) bond motifs is 2. The first kappa shape index (κ1) is 14.6. The average molecular weight is 344 g/mol. The van der Waals surface area contributed by atoms with Crippen LogP contribution < -0.4 is 9.47 Å². The Bertz CT molecular complexity index is 686. The molecule has 3 aliphatic heterocycles. The van der Waals surface area contributed by atoms with Crippen LogP contribution in [-0.2, 0) is 16.4 Å². The molecule has 0 spiro atoms. The third-order valence-electron chi connectivity index (χ3n) is 4.69. The fraction of sp³-hybridized carbons (Fsp3) is 0.600. The van der Waals surface area contributed by atoms with Crippen LogP contribution in [0.4, 0.5) is 0 Å². The number of benzene rings is 1. The van der Waals surface area contributed by atoms with Crippen LogP contribution in [0.5, 0.6) is 11.5 Å². The van der Waals surface area contributed by atoms with E-state index in [9.17, 15) is 8.42 Å². The highest BCUT2D eigenvalue weighted by atomic mass is 35.5. The minimum absolute atomic E-state index is 0.279. The molecule has 0 aliphatic carbocycles. The van der Waals surface area contributed by atoms with Gasteiger partial charge in [0.25, 0.3) is 0 Å². The fourth-order valence-corrected chi connectivity index (χ4v) is 6.14. The molecule has 2 atom stereocenters. The van der Waals surface area contributed by atoms with E-state index in [4.69, 9.17) is 21.1 Å². The second-order valence-electron chi connectivity index (χ2n) is 6.38. The Morgan fingerprint density at radius 2 is 1.68 bits per heavy atom. The number of hydrogen-bond donors (Lipinski definition) is 0. The van der Waals surface area contributed by atoms with Crippen molar-refractivity contribution in [2.24, 2.45) is 11.8 Å². The number of rotatable bonds is 2. The molecule has 4 rings (SSSR count). The maximum Gasteiger partial charge on any atom is 0.162 e. The van der Waals surface area contributed by atoms with Gasteiger partial charge in [0.15, 0.2) is 21.3 Å². The molecule has 22 heavy (non-hydrogen) atoms. The number of hydrogen-bond acceptors (Lipinski definition) is 5. The molecule has 2 fully saturated rings. The third-order valence-corrected chi connectivity index (χ3v) is 6.92. The normalized spacial score (nSPS) is 29.5.